The van der Waals surface area contributed by atoms with E-state index >= 15 is 0 Å². The van der Waals surface area contributed by atoms with Crippen LogP contribution in [0.15, 0.2) is 18.5 Å². The number of ether oxygens (including phenoxy) is 2. The smallest absolute Gasteiger partial charge is 0.130 e. The number of aliphatic hydroxyl groups is 1. The first-order valence-corrected chi connectivity index (χ1v) is 7.08. The average Bonchev–Trinajstić information content (AvgIpc) is 3.17. The van der Waals surface area contributed by atoms with E-state index < -0.39 is 6.10 Å². The average molecular weight is 293 g/mol. The van der Waals surface area contributed by atoms with Crippen LogP contribution >= 0.6 is 0 Å². The Morgan fingerprint density at radius 1 is 1.48 bits per heavy atom. The van der Waals surface area contributed by atoms with Gasteiger partial charge in [0.15, 0.2) is 0 Å². The maximum Gasteiger partial charge on any atom is 0.130 e. The SMILES string of the molecule is OC(COC1CCOCC1)Cn1cc(-c2ccn[nH]2)nn1. The molecule has 0 amide bonds. The van der Waals surface area contributed by atoms with Gasteiger partial charge in [-0.1, -0.05) is 5.21 Å². The van der Waals surface area contributed by atoms with Crippen molar-refractivity contribution in [2.75, 3.05) is 19.8 Å². The number of H-pyrrole nitrogens is 1. The molecule has 114 valence electrons. The van der Waals surface area contributed by atoms with Gasteiger partial charge in [-0.2, -0.15) is 5.10 Å². The van der Waals surface area contributed by atoms with Gasteiger partial charge in [0.25, 0.3) is 0 Å². The minimum absolute atomic E-state index is 0.185. The van der Waals surface area contributed by atoms with Crippen molar-refractivity contribution in [1.82, 2.24) is 25.2 Å². The van der Waals surface area contributed by atoms with E-state index in [1.807, 2.05) is 6.07 Å². The number of aliphatic hydroxyl groups excluding tert-OH is 1. The molecule has 8 heteroatoms. The number of aromatic nitrogens is 5. The van der Waals surface area contributed by atoms with Crippen molar-refractivity contribution in [3.8, 4) is 11.4 Å². The highest BCUT2D eigenvalue weighted by atomic mass is 16.5. The maximum absolute atomic E-state index is 10.0. The van der Waals surface area contributed by atoms with Crippen LogP contribution in [-0.2, 0) is 16.0 Å². The van der Waals surface area contributed by atoms with E-state index in [-0.39, 0.29) is 6.10 Å². The Hall–Kier alpha value is -1.77. The van der Waals surface area contributed by atoms with Crippen LogP contribution in [0.5, 0.6) is 0 Å². The molecule has 2 N–H and O–H groups in total. The lowest BCUT2D eigenvalue weighted by Crippen LogP contribution is -2.29. The standard InChI is InChI=1S/C13H19N5O3/c19-10(9-21-11-2-5-20-6-3-11)7-18-8-13(16-17-18)12-1-4-14-15-12/h1,4,8,10-11,19H,2-3,5-7,9H2,(H,14,15). The Bertz CT molecular complexity index is 536. The van der Waals surface area contributed by atoms with Gasteiger partial charge in [0.05, 0.1) is 37.3 Å². The molecule has 0 aromatic carbocycles. The van der Waals surface area contributed by atoms with Gasteiger partial charge in [-0.3, -0.25) is 5.10 Å². The Labute approximate surface area is 122 Å². The highest BCUT2D eigenvalue weighted by molar-refractivity contribution is 5.50. The van der Waals surface area contributed by atoms with Crippen molar-refractivity contribution in [3.05, 3.63) is 18.5 Å². The second-order valence-electron chi connectivity index (χ2n) is 5.10. The minimum atomic E-state index is -0.607. The fraction of sp³-hybridized carbons (Fsp3) is 0.615. The molecule has 2 aromatic rings. The molecule has 8 nitrogen and oxygen atoms in total. The lowest BCUT2D eigenvalue weighted by Gasteiger charge is -2.23. The molecule has 0 aliphatic carbocycles. The third-order valence-corrected chi connectivity index (χ3v) is 3.41. The number of hydrogen-bond acceptors (Lipinski definition) is 6. The van der Waals surface area contributed by atoms with Crippen molar-refractivity contribution in [1.29, 1.82) is 0 Å². The third-order valence-electron chi connectivity index (χ3n) is 3.41. The summed E-state index contributed by atoms with van der Waals surface area (Å²) in [5, 5.41) is 24.7. The van der Waals surface area contributed by atoms with E-state index in [9.17, 15) is 5.11 Å². The lowest BCUT2D eigenvalue weighted by atomic mass is 10.1. The third kappa shape index (κ3) is 3.87. The number of aromatic amines is 1. The molecule has 1 atom stereocenters. The van der Waals surface area contributed by atoms with Crippen LogP contribution < -0.4 is 0 Å². The van der Waals surface area contributed by atoms with Gasteiger partial charge in [0, 0.05) is 19.4 Å². The summed E-state index contributed by atoms with van der Waals surface area (Å²) in [6.45, 7) is 2.11. The summed E-state index contributed by atoms with van der Waals surface area (Å²) < 4.78 is 12.6. The summed E-state index contributed by atoms with van der Waals surface area (Å²) >= 11 is 0. The van der Waals surface area contributed by atoms with Gasteiger partial charge >= 0.3 is 0 Å². The van der Waals surface area contributed by atoms with Crippen LogP contribution in [0.1, 0.15) is 12.8 Å². The second-order valence-corrected chi connectivity index (χ2v) is 5.10. The van der Waals surface area contributed by atoms with Gasteiger partial charge in [0.1, 0.15) is 5.69 Å². The van der Waals surface area contributed by atoms with Crippen LogP contribution in [0.3, 0.4) is 0 Å². The summed E-state index contributed by atoms with van der Waals surface area (Å²) in [6.07, 6.45) is 4.78. The highest BCUT2D eigenvalue weighted by Crippen LogP contribution is 2.13. The first kappa shape index (κ1) is 14.2. The summed E-state index contributed by atoms with van der Waals surface area (Å²) in [5.74, 6) is 0. The number of nitrogens with one attached hydrogen (secondary N) is 1. The fourth-order valence-corrected chi connectivity index (χ4v) is 2.27. The summed E-state index contributed by atoms with van der Waals surface area (Å²) in [7, 11) is 0. The maximum atomic E-state index is 10.0. The number of hydrogen-bond donors (Lipinski definition) is 2. The monoisotopic (exact) mass is 293 g/mol. The molecule has 1 saturated heterocycles. The largest absolute Gasteiger partial charge is 0.389 e. The molecular formula is C13H19N5O3. The molecule has 21 heavy (non-hydrogen) atoms. The normalized spacial score (nSPS) is 18.0. The molecular weight excluding hydrogens is 274 g/mol. The molecule has 2 aromatic heterocycles. The molecule has 1 aliphatic rings. The van der Waals surface area contributed by atoms with Gasteiger partial charge in [-0.25, -0.2) is 4.68 Å². The topological polar surface area (TPSA) is 98.1 Å². The number of rotatable bonds is 6. The zero-order valence-electron chi connectivity index (χ0n) is 11.7. The van der Waals surface area contributed by atoms with Crippen molar-refractivity contribution in [2.24, 2.45) is 0 Å². The van der Waals surface area contributed by atoms with Crippen molar-refractivity contribution >= 4 is 0 Å². The van der Waals surface area contributed by atoms with Crippen molar-refractivity contribution < 1.29 is 14.6 Å². The van der Waals surface area contributed by atoms with Crippen molar-refractivity contribution in [3.63, 3.8) is 0 Å². The molecule has 1 unspecified atom stereocenters. The summed E-state index contributed by atoms with van der Waals surface area (Å²) in [5.41, 5.74) is 1.50. The van der Waals surface area contributed by atoms with Crippen LogP contribution in [0.2, 0.25) is 0 Å². The molecule has 0 radical (unpaired) electrons. The summed E-state index contributed by atoms with van der Waals surface area (Å²) in [4.78, 5) is 0. The quantitative estimate of drug-likeness (QED) is 0.791. The van der Waals surface area contributed by atoms with E-state index in [1.54, 1.807) is 17.1 Å². The van der Waals surface area contributed by atoms with Crippen molar-refractivity contribution in [2.45, 2.75) is 31.6 Å². The molecule has 0 saturated carbocycles. The van der Waals surface area contributed by atoms with Crippen LogP contribution in [-0.4, -0.2) is 62.3 Å². The van der Waals surface area contributed by atoms with Crippen LogP contribution in [0, 0.1) is 0 Å². The molecule has 3 heterocycles. The first-order valence-electron chi connectivity index (χ1n) is 7.08. The number of nitrogens with zero attached hydrogens (tertiary/aromatic N) is 4. The van der Waals surface area contributed by atoms with E-state index in [1.165, 1.54) is 0 Å². The van der Waals surface area contributed by atoms with E-state index in [4.69, 9.17) is 9.47 Å². The Kier molecular flexibility index (Phi) is 4.59. The van der Waals surface area contributed by atoms with E-state index in [2.05, 4.69) is 20.5 Å². The predicted molar refractivity (Wildman–Crippen MR) is 73.4 cm³/mol. The Balaban J connectivity index is 1.47. The fourth-order valence-electron chi connectivity index (χ4n) is 2.27. The zero-order chi connectivity index (χ0) is 14.5. The Morgan fingerprint density at radius 2 is 2.33 bits per heavy atom. The van der Waals surface area contributed by atoms with Gasteiger partial charge < -0.3 is 14.6 Å². The molecule has 1 aliphatic heterocycles. The van der Waals surface area contributed by atoms with E-state index in [0.29, 0.717) is 18.8 Å². The minimum Gasteiger partial charge on any atom is -0.389 e. The predicted octanol–water partition coefficient (Wildman–Crippen LogP) is 0.225. The molecule has 0 bridgehead atoms. The van der Waals surface area contributed by atoms with Crippen LogP contribution in [0.25, 0.3) is 11.4 Å². The second kappa shape index (κ2) is 6.79. The van der Waals surface area contributed by atoms with Crippen LogP contribution in [0.4, 0.5) is 0 Å². The van der Waals surface area contributed by atoms with Gasteiger partial charge in [0.2, 0.25) is 0 Å². The zero-order valence-corrected chi connectivity index (χ0v) is 11.7. The lowest BCUT2D eigenvalue weighted by molar-refractivity contribution is -0.0623. The van der Waals surface area contributed by atoms with Gasteiger partial charge in [-0.15, -0.1) is 5.10 Å². The molecule has 0 spiro atoms. The summed E-state index contributed by atoms with van der Waals surface area (Å²) in [6, 6.07) is 1.82. The first-order chi connectivity index (χ1) is 10.3. The Morgan fingerprint density at radius 3 is 3.10 bits per heavy atom. The molecule has 3 rings (SSSR count). The van der Waals surface area contributed by atoms with Gasteiger partial charge in [-0.05, 0) is 18.9 Å². The molecule has 1 fully saturated rings. The van der Waals surface area contributed by atoms with E-state index in [0.717, 1.165) is 31.7 Å². The highest BCUT2D eigenvalue weighted by Gasteiger charge is 2.16.